The molecule has 0 N–H and O–H groups in total. The van der Waals surface area contributed by atoms with Gasteiger partial charge in [-0.25, -0.2) is 0 Å². The van der Waals surface area contributed by atoms with Crippen LogP contribution in [0.25, 0.3) is 0 Å². The quantitative estimate of drug-likeness (QED) is 0.406. The van der Waals surface area contributed by atoms with Gasteiger partial charge in [-0.3, -0.25) is 0 Å². The number of anilines is 3. The van der Waals surface area contributed by atoms with Gasteiger partial charge in [0.05, 0.1) is 5.69 Å². The van der Waals surface area contributed by atoms with Crippen molar-refractivity contribution < 1.29 is 4.65 Å². The van der Waals surface area contributed by atoms with Crippen molar-refractivity contribution in [3.8, 4) is 0 Å². The van der Waals surface area contributed by atoms with Crippen LogP contribution in [0.3, 0.4) is 0 Å². The smallest absolute Gasteiger partial charge is 0.365 e. The van der Waals surface area contributed by atoms with Crippen LogP contribution >= 0.6 is 0 Å². The van der Waals surface area contributed by atoms with Crippen molar-refractivity contribution in [2.45, 2.75) is 71.6 Å². The number of nitrogens with zero attached hydrogens (tertiary/aromatic N) is 1. The highest BCUT2D eigenvalue weighted by atomic mass is 16.4. The zero-order chi connectivity index (χ0) is 23.9. The molecule has 0 amide bonds. The number of hydrogen-bond acceptors (Lipinski definition) is 2. The molecule has 0 saturated heterocycles. The maximum Gasteiger partial charge on any atom is 0.365 e. The fourth-order valence-electron chi connectivity index (χ4n) is 5.56. The van der Waals surface area contributed by atoms with Gasteiger partial charge in [0.1, 0.15) is 0 Å². The lowest BCUT2D eigenvalue weighted by Gasteiger charge is -2.47. The molecule has 0 fully saturated rings. The second kappa shape index (κ2) is 6.99. The minimum atomic E-state index is -0.122. The predicted molar refractivity (Wildman–Crippen MR) is 143 cm³/mol. The second-order valence-electron chi connectivity index (χ2n) is 12.3. The minimum Gasteiger partial charge on any atom is -0.430 e. The van der Waals surface area contributed by atoms with Gasteiger partial charge in [0.15, 0.2) is 0 Å². The van der Waals surface area contributed by atoms with Gasteiger partial charge < -0.3 is 9.55 Å². The SMILES string of the molecule is COB1c2ccccc2N2c3ccc(C(C)(C)C)cc3C(C)(C)c3cc(C(C)(C)C)cc1c32. The van der Waals surface area contributed by atoms with E-state index < -0.39 is 0 Å². The maximum atomic E-state index is 6.18. The minimum absolute atomic E-state index is 0.0508. The summed E-state index contributed by atoms with van der Waals surface area (Å²) in [5.74, 6) is 0. The van der Waals surface area contributed by atoms with Gasteiger partial charge in [-0.05, 0) is 56.1 Å². The third-order valence-electron chi connectivity index (χ3n) is 7.66. The normalized spacial score (nSPS) is 16.3. The molecular weight excluding hydrogens is 401 g/mol. The average molecular weight is 437 g/mol. The topological polar surface area (TPSA) is 12.5 Å². The van der Waals surface area contributed by atoms with Crippen molar-refractivity contribution in [2.24, 2.45) is 0 Å². The van der Waals surface area contributed by atoms with Crippen molar-refractivity contribution in [3.63, 3.8) is 0 Å². The Bertz CT molecular complexity index is 1260. The van der Waals surface area contributed by atoms with Gasteiger partial charge in [0.25, 0.3) is 0 Å². The highest BCUT2D eigenvalue weighted by Crippen LogP contribution is 2.53. The molecule has 0 unspecified atom stereocenters. The van der Waals surface area contributed by atoms with Crippen LogP contribution in [0, 0.1) is 0 Å². The third kappa shape index (κ3) is 3.20. The lowest BCUT2D eigenvalue weighted by atomic mass is 9.50. The van der Waals surface area contributed by atoms with E-state index in [-0.39, 0.29) is 23.2 Å². The van der Waals surface area contributed by atoms with Crippen molar-refractivity contribution in [3.05, 3.63) is 76.9 Å². The molecule has 3 aromatic carbocycles. The molecule has 3 aromatic rings. The zero-order valence-electron chi connectivity index (χ0n) is 21.6. The van der Waals surface area contributed by atoms with Crippen molar-refractivity contribution in [2.75, 3.05) is 12.0 Å². The molecule has 5 rings (SSSR count). The zero-order valence-corrected chi connectivity index (χ0v) is 21.6. The Morgan fingerprint density at radius 1 is 0.727 bits per heavy atom. The van der Waals surface area contributed by atoms with Crippen LogP contribution in [0.15, 0.2) is 54.6 Å². The summed E-state index contributed by atoms with van der Waals surface area (Å²) in [4.78, 5) is 2.50. The van der Waals surface area contributed by atoms with Crippen molar-refractivity contribution >= 4 is 34.9 Å². The molecule has 0 radical (unpaired) electrons. The molecule has 0 aromatic heterocycles. The molecule has 2 heterocycles. The summed E-state index contributed by atoms with van der Waals surface area (Å²) in [7, 11) is 1.84. The molecule has 2 aliphatic heterocycles. The Kier molecular flexibility index (Phi) is 4.72. The summed E-state index contributed by atoms with van der Waals surface area (Å²) < 4.78 is 6.18. The van der Waals surface area contributed by atoms with Crippen LogP contribution in [0.4, 0.5) is 17.1 Å². The van der Waals surface area contributed by atoms with Crippen LogP contribution in [0.1, 0.15) is 77.6 Å². The Morgan fingerprint density at radius 3 is 2.00 bits per heavy atom. The molecule has 0 bridgehead atoms. The number of para-hydroxylation sites is 1. The number of fused-ring (bicyclic) bond motifs is 4. The first-order valence-electron chi connectivity index (χ1n) is 12.1. The molecule has 0 saturated carbocycles. The summed E-state index contributed by atoms with van der Waals surface area (Å²) in [5.41, 5.74) is 11.9. The standard InChI is InChI=1S/C30H36BNO/c1-28(2,3)19-14-15-25-21(16-19)30(7,8)22-17-20(29(4,5)6)18-24-27(22)32(25)26-13-11-10-12-23(26)31(24)33-9/h10-18H,1-9H3. The van der Waals surface area contributed by atoms with E-state index in [2.05, 4.69) is 115 Å². The van der Waals surface area contributed by atoms with Gasteiger partial charge >= 0.3 is 6.92 Å². The van der Waals surface area contributed by atoms with Crippen LogP contribution in [-0.4, -0.2) is 14.0 Å². The Balaban J connectivity index is 1.91. The number of hydrogen-bond donors (Lipinski definition) is 0. The third-order valence-corrected chi connectivity index (χ3v) is 7.66. The predicted octanol–water partition coefficient (Wildman–Crippen LogP) is 6.46. The summed E-state index contributed by atoms with van der Waals surface area (Å²) >= 11 is 0. The fraction of sp³-hybridized carbons (Fsp3) is 0.400. The molecule has 2 aliphatic rings. The van der Waals surface area contributed by atoms with Crippen LogP contribution in [0.2, 0.25) is 0 Å². The Morgan fingerprint density at radius 2 is 1.36 bits per heavy atom. The Hall–Kier alpha value is -2.52. The molecule has 2 nitrogen and oxygen atoms in total. The lowest BCUT2D eigenvalue weighted by Crippen LogP contribution is -2.54. The van der Waals surface area contributed by atoms with E-state index in [1.807, 2.05) is 7.11 Å². The average Bonchev–Trinajstić information content (AvgIpc) is 2.74. The monoisotopic (exact) mass is 437 g/mol. The van der Waals surface area contributed by atoms with Crippen molar-refractivity contribution in [1.82, 2.24) is 0 Å². The van der Waals surface area contributed by atoms with E-state index in [0.29, 0.717) is 0 Å². The molecule has 0 spiro atoms. The van der Waals surface area contributed by atoms with E-state index in [9.17, 15) is 0 Å². The van der Waals surface area contributed by atoms with Gasteiger partial charge in [-0.15, -0.1) is 0 Å². The summed E-state index contributed by atoms with van der Waals surface area (Å²) in [6.07, 6.45) is 0. The highest BCUT2D eigenvalue weighted by Gasteiger charge is 2.45. The Labute approximate surface area is 200 Å². The van der Waals surface area contributed by atoms with E-state index in [1.54, 1.807) is 0 Å². The first-order valence-corrected chi connectivity index (χ1v) is 12.1. The number of rotatable bonds is 1. The first kappa shape index (κ1) is 22.3. The maximum absolute atomic E-state index is 6.18. The van der Waals surface area contributed by atoms with Gasteiger partial charge in [0, 0.05) is 23.9 Å². The van der Waals surface area contributed by atoms with Crippen molar-refractivity contribution in [1.29, 1.82) is 0 Å². The molecular formula is C30H36BNO. The molecule has 0 aliphatic carbocycles. The van der Waals surface area contributed by atoms with Crippen LogP contribution < -0.4 is 15.8 Å². The molecule has 0 atom stereocenters. The highest BCUT2D eigenvalue weighted by molar-refractivity contribution is 6.83. The summed E-state index contributed by atoms with van der Waals surface area (Å²) in [6.45, 7) is 18.5. The van der Waals surface area contributed by atoms with Gasteiger partial charge in [-0.2, -0.15) is 0 Å². The molecule has 33 heavy (non-hydrogen) atoms. The van der Waals surface area contributed by atoms with Gasteiger partial charge in [0.2, 0.25) is 0 Å². The second-order valence-corrected chi connectivity index (χ2v) is 12.3. The van der Waals surface area contributed by atoms with E-state index in [1.165, 1.54) is 50.2 Å². The lowest BCUT2D eigenvalue weighted by molar-refractivity contribution is 0.438. The van der Waals surface area contributed by atoms with E-state index in [0.717, 1.165) is 0 Å². The fourth-order valence-corrected chi connectivity index (χ4v) is 5.56. The largest absolute Gasteiger partial charge is 0.430 e. The van der Waals surface area contributed by atoms with Crippen LogP contribution in [0.5, 0.6) is 0 Å². The molecule has 170 valence electrons. The van der Waals surface area contributed by atoms with Crippen LogP contribution in [-0.2, 0) is 20.9 Å². The summed E-state index contributed by atoms with van der Waals surface area (Å²) in [6, 6.07) is 20.7. The number of benzene rings is 3. The van der Waals surface area contributed by atoms with E-state index in [4.69, 9.17) is 4.65 Å². The van der Waals surface area contributed by atoms with E-state index >= 15 is 0 Å². The first-order chi connectivity index (χ1) is 15.4. The van der Waals surface area contributed by atoms with Gasteiger partial charge in [-0.1, -0.05) is 97.9 Å². The summed E-state index contributed by atoms with van der Waals surface area (Å²) in [5, 5.41) is 0. The molecule has 3 heteroatoms.